The van der Waals surface area contributed by atoms with Gasteiger partial charge in [-0.3, -0.25) is 4.79 Å². The molecule has 0 N–H and O–H groups in total. The van der Waals surface area contributed by atoms with E-state index in [4.69, 9.17) is 0 Å². The van der Waals surface area contributed by atoms with E-state index in [0.717, 1.165) is 39.5 Å². The predicted molar refractivity (Wildman–Crippen MR) is 112 cm³/mol. The molecule has 0 unspecified atom stereocenters. The predicted octanol–water partition coefficient (Wildman–Crippen LogP) is 5.31. The average Bonchev–Trinajstić information content (AvgIpc) is 3.10. The summed E-state index contributed by atoms with van der Waals surface area (Å²) in [4.78, 5) is 14.8. The third-order valence-corrected chi connectivity index (χ3v) is 5.34. The second-order valence-electron chi connectivity index (χ2n) is 7.12. The van der Waals surface area contributed by atoms with Crippen molar-refractivity contribution in [3.63, 3.8) is 0 Å². The van der Waals surface area contributed by atoms with Crippen LogP contribution in [0.5, 0.6) is 0 Å². The fraction of sp³-hybridized carbons (Fsp3) is 0.208. The highest BCUT2D eigenvalue weighted by Gasteiger charge is 2.31. The Morgan fingerprint density at radius 3 is 2.37 bits per heavy atom. The van der Waals surface area contributed by atoms with Crippen LogP contribution in [0.1, 0.15) is 35.0 Å². The molecule has 0 saturated heterocycles. The molecular formula is C24H24N2O. The molecule has 136 valence electrons. The molecule has 0 bridgehead atoms. The lowest BCUT2D eigenvalue weighted by molar-refractivity contribution is -0.112. The van der Waals surface area contributed by atoms with E-state index >= 15 is 0 Å². The van der Waals surface area contributed by atoms with Crippen molar-refractivity contribution in [1.82, 2.24) is 4.57 Å². The van der Waals surface area contributed by atoms with Crippen LogP contribution in [0.25, 0.3) is 17.3 Å². The van der Waals surface area contributed by atoms with Crippen LogP contribution in [-0.4, -0.2) is 17.0 Å². The molecular weight excluding hydrogens is 332 g/mol. The van der Waals surface area contributed by atoms with Gasteiger partial charge in [0.25, 0.3) is 5.91 Å². The van der Waals surface area contributed by atoms with Gasteiger partial charge in [-0.25, -0.2) is 0 Å². The number of fused-ring (bicyclic) bond motifs is 1. The zero-order valence-corrected chi connectivity index (χ0v) is 16.3. The van der Waals surface area contributed by atoms with Crippen molar-refractivity contribution < 1.29 is 4.79 Å². The lowest BCUT2D eigenvalue weighted by Crippen LogP contribution is -2.25. The van der Waals surface area contributed by atoms with Crippen LogP contribution < -0.4 is 4.90 Å². The van der Waals surface area contributed by atoms with Crippen LogP contribution in [0.4, 0.5) is 5.69 Å². The number of carbonyl (C=O) groups excluding carboxylic acids is 1. The van der Waals surface area contributed by atoms with Crippen LogP contribution in [0, 0.1) is 20.8 Å². The first kappa shape index (κ1) is 17.3. The van der Waals surface area contributed by atoms with Gasteiger partial charge in [0.1, 0.15) is 0 Å². The van der Waals surface area contributed by atoms with E-state index in [-0.39, 0.29) is 5.91 Å². The maximum Gasteiger partial charge on any atom is 0.258 e. The van der Waals surface area contributed by atoms with Crippen molar-refractivity contribution in [3.05, 3.63) is 82.7 Å². The van der Waals surface area contributed by atoms with Crippen LogP contribution in [0.2, 0.25) is 0 Å². The monoisotopic (exact) mass is 356 g/mol. The molecule has 3 aromatic rings. The topological polar surface area (TPSA) is 25.2 Å². The average molecular weight is 356 g/mol. The summed E-state index contributed by atoms with van der Waals surface area (Å²) in [6.07, 6.45) is 2.05. The van der Waals surface area contributed by atoms with Crippen molar-refractivity contribution in [3.8, 4) is 5.69 Å². The highest BCUT2D eigenvalue weighted by atomic mass is 16.2. The molecule has 27 heavy (non-hydrogen) atoms. The van der Waals surface area contributed by atoms with E-state index in [1.165, 1.54) is 5.56 Å². The SMILES string of the molecule is CCN1C(=O)/C(=C\c2cc(C)n(-c3ccc(C)cc3)c2C)c2ccccc21. The second-order valence-corrected chi connectivity index (χ2v) is 7.12. The Morgan fingerprint density at radius 1 is 0.963 bits per heavy atom. The van der Waals surface area contributed by atoms with Gasteiger partial charge >= 0.3 is 0 Å². The summed E-state index contributed by atoms with van der Waals surface area (Å²) >= 11 is 0. The molecule has 2 aromatic carbocycles. The molecule has 1 aliphatic rings. The van der Waals surface area contributed by atoms with Gasteiger partial charge in [-0.1, -0.05) is 35.9 Å². The van der Waals surface area contributed by atoms with E-state index in [1.54, 1.807) is 0 Å². The number of hydrogen-bond donors (Lipinski definition) is 0. The Balaban J connectivity index is 1.83. The Labute approximate surface area is 160 Å². The van der Waals surface area contributed by atoms with Crippen molar-refractivity contribution >= 4 is 23.2 Å². The van der Waals surface area contributed by atoms with E-state index in [0.29, 0.717) is 6.54 Å². The summed E-state index contributed by atoms with van der Waals surface area (Å²) < 4.78 is 2.24. The first-order valence-corrected chi connectivity index (χ1v) is 9.40. The van der Waals surface area contributed by atoms with Gasteiger partial charge in [-0.15, -0.1) is 0 Å². The van der Waals surface area contributed by atoms with Crippen molar-refractivity contribution in [2.24, 2.45) is 0 Å². The minimum atomic E-state index is 0.0823. The van der Waals surface area contributed by atoms with E-state index in [9.17, 15) is 4.79 Å². The van der Waals surface area contributed by atoms with Crippen molar-refractivity contribution in [2.75, 3.05) is 11.4 Å². The summed E-state index contributed by atoms with van der Waals surface area (Å²) in [5, 5.41) is 0. The highest BCUT2D eigenvalue weighted by Crippen LogP contribution is 2.38. The summed E-state index contributed by atoms with van der Waals surface area (Å²) in [5.41, 5.74) is 8.58. The maximum atomic E-state index is 13.0. The second kappa shape index (κ2) is 6.58. The number of nitrogens with zero attached hydrogens (tertiary/aromatic N) is 2. The third-order valence-electron chi connectivity index (χ3n) is 5.34. The molecule has 1 aliphatic heterocycles. The Morgan fingerprint density at radius 2 is 1.67 bits per heavy atom. The number of para-hydroxylation sites is 1. The molecule has 0 fully saturated rings. The van der Waals surface area contributed by atoms with Gasteiger partial charge < -0.3 is 9.47 Å². The first-order chi connectivity index (χ1) is 13.0. The zero-order valence-electron chi connectivity index (χ0n) is 16.3. The number of benzene rings is 2. The Hall–Kier alpha value is -3.07. The molecule has 3 heteroatoms. The van der Waals surface area contributed by atoms with E-state index in [2.05, 4.69) is 55.7 Å². The standard InChI is InChI=1S/C24H24N2O/c1-5-25-23-9-7-6-8-21(23)22(24(25)27)15-19-14-17(3)26(18(19)4)20-12-10-16(2)11-13-20/h6-15H,5H2,1-4H3/b22-15-. The van der Waals surface area contributed by atoms with Gasteiger partial charge in [0.05, 0.1) is 5.69 Å². The number of likely N-dealkylation sites (N-methyl/N-ethyl adjacent to an activating group) is 1. The van der Waals surface area contributed by atoms with Crippen molar-refractivity contribution in [2.45, 2.75) is 27.7 Å². The number of rotatable bonds is 3. The molecule has 0 atom stereocenters. The quantitative estimate of drug-likeness (QED) is 0.584. The number of hydrogen-bond acceptors (Lipinski definition) is 1. The molecule has 1 amide bonds. The summed E-state index contributed by atoms with van der Waals surface area (Å²) in [5.74, 6) is 0.0823. The number of aryl methyl sites for hydroxylation is 2. The lowest BCUT2D eigenvalue weighted by atomic mass is 10.0. The third kappa shape index (κ3) is 2.80. The van der Waals surface area contributed by atoms with Gasteiger partial charge in [0.15, 0.2) is 0 Å². The Kier molecular flexibility index (Phi) is 4.23. The number of amides is 1. The van der Waals surface area contributed by atoms with E-state index in [1.807, 2.05) is 42.2 Å². The van der Waals surface area contributed by atoms with Gasteiger partial charge in [0.2, 0.25) is 0 Å². The largest absolute Gasteiger partial charge is 0.318 e. The summed E-state index contributed by atoms with van der Waals surface area (Å²) in [6, 6.07) is 18.7. The van der Waals surface area contributed by atoms with Gasteiger partial charge in [-0.2, -0.15) is 0 Å². The lowest BCUT2D eigenvalue weighted by Gasteiger charge is -2.13. The van der Waals surface area contributed by atoms with Gasteiger partial charge in [-0.05, 0) is 63.6 Å². The fourth-order valence-electron chi connectivity index (χ4n) is 3.94. The molecule has 1 aromatic heterocycles. The first-order valence-electron chi connectivity index (χ1n) is 9.40. The normalized spacial score (nSPS) is 14.9. The summed E-state index contributed by atoms with van der Waals surface area (Å²) in [6.45, 7) is 9.01. The number of carbonyl (C=O) groups is 1. The van der Waals surface area contributed by atoms with Crippen LogP contribution in [0.3, 0.4) is 0 Å². The molecule has 0 aliphatic carbocycles. The molecule has 0 spiro atoms. The molecule has 2 heterocycles. The molecule has 0 saturated carbocycles. The Bertz CT molecular complexity index is 1050. The van der Waals surface area contributed by atoms with Crippen molar-refractivity contribution in [1.29, 1.82) is 0 Å². The van der Waals surface area contributed by atoms with Gasteiger partial charge in [0, 0.05) is 34.8 Å². The van der Waals surface area contributed by atoms with Crippen LogP contribution >= 0.6 is 0 Å². The van der Waals surface area contributed by atoms with Crippen LogP contribution in [-0.2, 0) is 4.79 Å². The van der Waals surface area contributed by atoms with Crippen LogP contribution in [0.15, 0.2) is 54.6 Å². The maximum absolute atomic E-state index is 13.0. The number of aromatic nitrogens is 1. The van der Waals surface area contributed by atoms with E-state index < -0.39 is 0 Å². The molecule has 3 nitrogen and oxygen atoms in total. The fourth-order valence-corrected chi connectivity index (χ4v) is 3.94. The minimum absolute atomic E-state index is 0.0823. The minimum Gasteiger partial charge on any atom is -0.318 e. The highest BCUT2D eigenvalue weighted by molar-refractivity contribution is 6.35. The smallest absolute Gasteiger partial charge is 0.258 e. The number of anilines is 1. The molecule has 0 radical (unpaired) electrons. The molecule has 4 rings (SSSR count). The zero-order chi connectivity index (χ0) is 19.1. The summed E-state index contributed by atoms with van der Waals surface area (Å²) in [7, 11) is 0.